The van der Waals surface area contributed by atoms with Gasteiger partial charge >= 0.3 is 0 Å². The largest absolute Gasteiger partial charge is 0.437 e. The highest BCUT2D eigenvalue weighted by Crippen LogP contribution is 2.39. The summed E-state index contributed by atoms with van der Waals surface area (Å²) in [6.45, 7) is 1.67. The molecule has 0 unspecified atom stereocenters. The summed E-state index contributed by atoms with van der Waals surface area (Å²) in [6, 6.07) is 3.38. The van der Waals surface area contributed by atoms with Gasteiger partial charge in [-0.3, -0.25) is 14.4 Å². The number of ether oxygens (including phenoxy) is 1. The van der Waals surface area contributed by atoms with Crippen LogP contribution in [0.4, 0.5) is 5.69 Å². The standard InChI is InChI=1S/C20H17Br2N3O4/c1-10-16(26)8-19(28)25(24-10)12-5-14(21)20(15(22)6-12)29-18-7-13(11-3-2-4-11)17(27)9-23-18/h5-7,11H,2-4,8-9H2,1H3. The molecule has 9 heteroatoms. The molecule has 0 aromatic heterocycles. The van der Waals surface area contributed by atoms with Crippen molar-refractivity contribution in [2.45, 2.75) is 32.6 Å². The average Bonchev–Trinajstić information content (AvgIpc) is 2.62. The molecule has 2 aliphatic heterocycles. The maximum Gasteiger partial charge on any atom is 0.255 e. The minimum Gasteiger partial charge on any atom is -0.437 e. The van der Waals surface area contributed by atoms with Crippen LogP contribution < -0.4 is 9.75 Å². The van der Waals surface area contributed by atoms with E-state index < -0.39 is 5.91 Å². The predicted molar refractivity (Wildman–Crippen MR) is 115 cm³/mol. The molecule has 1 aromatic rings. The number of anilines is 1. The van der Waals surface area contributed by atoms with Crippen LogP contribution >= 0.6 is 31.9 Å². The molecule has 0 bridgehead atoms. The zero-order chi connectivity index (χ0) is 20.7. The summed E-state index contributed by atoms with van der Waals surface area (Å²) in [4.78, 5) is 40.2. The minimum atomic E-state index is -0.392. The summed E-state index contributed by atoms with van der Waals surface area (Å²) >= 11 is 6.94. The Kier molecular flexibility index (Phi) is 5.52. The number of nitrogens with zero attached hydrogens (tertiary/aromatic N) is 3. The molecule has 150 valence electrons. The molecule has 3 aliphatic rings. The first-order chi connectivity index (χ1) is 13.8. The van der Waals surface area contributed by atoms with E-state index in [9.17, 15) is 14.4 Å². The highest BCUT2D eigenvalue weighted by molar-refractivity contribution is 9.11. The monoisotopic (exact) mass is 521 g/mol. The molecule has 7 nitrogen and oxygen atoms in total. The van der Waals surface area contributed by atoms with Crippen LogP contribution in [0, 0.1) is 5.92 Å². The first kappa shape index (κ1) is 20.2. The molecule has 1 aliphatic carbocycles. The summed E-state index contributed by atoms with van der Waals surface area (Å²) in [7, 11) is 0. The molecule has 0 spiro atoms. The Morgan fingerprint density at radius 1 is 1.10 bits per heavy atom. The number of halogens is 2. The number of hydrogen-bond acceptors (Lipinski definition) is 6. The number of ketones is 2. The molecule has 0 saturated heterocycles. The number of carbonyl (C=O) groups excluding carboxylic acids is 3. The van der Waals surface area contributed by atoms with Crippen molar-refractivity contribution in [2.75, 3.05) is 11.6 Å². The third-order valence-corrected chi connectivity index (χ3v) is 6.34. The Morgan fingerprint density at radius 3 is 2.41 bits per heavy atom. The Morgan fingerprint density at radius 2 is 1.79 bits per heavy atom. The number of amides is 1. The number of hydrazone groups is 1. The SMILES string of the molecule is CC1=NN(c2cc(Br)c(OC3=NCC(=O)C(C4CCC4)=C3)c(Br)c2)C(=O)CC1=O. The topological polar surface area (TPSA) is 88.4 Å². The van der Waals surface area contributed by atoms with Gasteiger partial charge in [-0.15, -0.1) is 0 Å². The van der Waals surface area contributed by atoms with E-state index in [1.807, 2.05) is 0 Å². The number of hydrogen-bond donors (Lipinski definition) is 0. The van der Waals surface area contributed by atoms with Crippen molar-refractivity contribution < 1.29 is 19.1 Å². The van der Waals surface area contributed by atoms with Gasteiger partial charge in [-0.05, 0) is 69.7 Å². The fourth-order valence-corrected chi connectivity index (χ4v) is 4.63. The fourth-order valence-electron chi connectivity index (χ4n) is 3.30. The minimum absolute atomic E-state index is 0.0573. The van der Waals surface area contributed by atoms with Crippen molar-refractivity contribution in [3.63, 3.8) is 0 Å². The molecule has 2 heterocycles. The van der Waals surface area contributed by atoms with Crippen LogP contribution in [0.5, 0.6) is 5.75 Å². The van der Waals surface area contributed by atoms with Crippen molar-refractivity contribution in [1.29, 1.82) is 0 Å². The molecular weight excluding hydrogens is 506 g/mol. The van der Waals surface area contributed by atoms with Gasteiger partial charge in [-0.25, -0.2) is 4.99 Å². The molecular formula is C20H17Br2N3O4. The predicted octanol–water partition coefficient (Wildman–Crippen LogP) is 3.98. The molecule has 0 atom stereocenters. The van der Waals surface area contributed by atoms with E-state index in [0.29, 0.717) is 32.2 Å². The van der Waals surface area contributed by atoms with Crippen LogP contribution in [0.25, 0.3) is 0 Å². The van der Waals surface area contributed by atoms with Gasteiger partial charge in [0.25, 0.3) is 5.91 Å². The van der Waals surface area contributed by atoms with Crippen LogP contribution in [0.1, 0.15) is 32.6 Å². The quantitative estimate of drug-likeness (QED) is 0.561. The van der Waals surface area contributed by atoms with E-state index in [1.165, 1.54) is 5.01 Å². The van der Waals surface area contributed by atoms with Crippen molar-refractivity contribution in [3.05, 3.63) is 32.7 Å². The number of rotatable bonds is 3. The van der Waals surface area contributed by atoms with Crippen LogP contribution in [-0.4, -0.2) is 35.6 Å². The summed E-state index contributed by atoms with van der Waals surface area (Å²) in [6.07, 6.45) is 4.72. The lowest BCUT2D eigenvalue weighted by Gasteiger charge is -2.28. The second kappa shape index (κ2) is 7.95. The second-order valence-corrected chi connectivity index (χ2v) is 8.85. The van der Waals surface area contributed by atoms with Crippen LogP contribution in [0.15, 0.2) is 42.8 Å². The maximum absolute atomic E-state index is 12.2. The Labute approximate surface area is 184 Å². The van der Waals surface area contributed by atoms with Gasteiger partial charge in [-0.2, -0.15) is 10.1 Å². The summed E-state index contributed by atoms with van der Waals surface area (Å²) in [5.41, 5.74) is 1.57. The molecule has 1 saturated carbocycles. The number of benzene rings is 1. The highest BCUT2D eigenvalue weighted by Gasteiger charge is 2.30. The van der Waals surface area contributed by atoms with E-state index >= 15 is 0 Å². The number of carbonyl (C=O) groups is 3. The van der Waals surface area contributed by atoms with E-state index in [2.05, 4.69) is 42.0 Å². The van der Waals surface area contributed by atoms with Gasteiger partial charge in [0.2, 0.25) is 5.90 Å². The molecule has 1 fully saturated rings. The van der Waals surface area contributed by atoms with Gasteiger partial charge in [0.1, 0.15) is 12.3 Å². The lowest BCUT2D eigenvalue weighted by atomic mass is 9.77. The number of dihydropyridines is 1. The van der Waals surface area contributed by atoms with E-state index in [-0.39, 0.29) is 30.2 Å². The van der Waals surface area contributed by atoms with Crippen molar-refractivity contribution >= 4 is 66.6 Å². The zero-order valence-electron chi connectivity index (χ0n) is 15.6. The fraction of sp³-hybridized carbons (Fsp3) is 0.350. The molecule has 0 N–H and O–H groups in total. The van der Waals surface area contributed by atoms with Crippen molar-refractivity contribution in [2.24, 2.45) is 16.0 Å². The number of Topliss-reactive ketones (excluding diaryl/α,β-unsaturated/α-hetero) is 2. The molecule has 29 heavy (non-hydrogen) atoms. The smallest absolute Gasteiger partial charge is 0.255 e. The van der Waals surface area contributed by atoms with Gasteiger partial charge in [-0.1, -0.05) is 6.42 Å². The normalized spacial score (nSPS) is 20.2. The van der Waals surface area contributed by atoms with Crippen LogP contribution in [0.2, 0.25) is 0 Å². The van der Waals surface area contributed by atoms with E-state index in [1.54, 1.807) is 25.1 Å². The lowest BCUT2D eigenvalue weighted by molar-refractivity contribution is -0.124. The Balaban J connectivity index is 1.60. The molecule has 1 amide bonds. The van der Waals surface area contributed by atoms with Crippen molar-refractivity contribution in [1.82, 2.24) is 0 Å². The van der Waals surface area contributed by atoms with E-state index in [4.69, 9.17) is 4.74 Å². The maximum atomic E-state index is 12.2. The zero-order valence-corrected chi connectivity index (χ0v) is 18.7. The third kappa shape index (κ3) is 3.98. The summed E-state index contributed by atoms with van der Waals surface area (Å²) < 4.78 is 7.12. The van der Waals surface area contributed by atoms with Gasteiger partial charge < -0.3 is 4.74 Å². The van der Waals surface area contributed by atoms with Crippen molar-refractivity contribution in [3.8, 4) is 5.75 Å². The van der Waals surface area contributed by atoms with Gasteiger partial charge in [0.15, 0.2) is 17.3 Å². The lowest BCUT2D eigenvalue weighted by Crippen LogP contribution is -2.36. The van der Waals surface area contributed by atoms with Gasteiger partial charge in [0, 0.05) is 11.6 Å². The third-order valence-electron chi connectivity index (χ3n) is 5.16. The Bertz CT molecular complexity index is 1000. The molecule has 0 radical (unpaired) electrons. The van der Waals surface area contributed by atoms with Gasteiger partial charge in [0.05, 0.1) is 21.1 Å². The van der Waals surface area contributed by atoms with Crippen LogP contribution in [0.3, 0.4) is 0 Å². The number of aliphatic imine (C=N–C) groups is 1. The van der Waals surface area contributed by atoms with E-state index in [0.717, 1.165) is 24.8 Å². The first-order valence-electron chi connectivity index (χ1n) is 9.21. The molecule has 1 aromatic carbocycles. The highest BCUT2D eigenvalue weighted by atomic mass is 79.9. The Hall–Kier alpha value is -2.13. The molecule has 4 rings (SSSR count). The average molecular weight is 523 g/mol. The summed E-state index contributed by atoms with van der Waals surface area (Å²) in [5, 5.41) is 5.30. The van der Waals surface area contributed by atoms with Crippen LogP contribution in [-0.2, 0) is 14.4 Å². The first-order valence-corrected chi connectivity index (χ1v) is 10.8. The second-order valence-electron chi connectivity index (χ2n) is 7.14. The summed E-state index contributed by atoms with van der Waals surface area (Å²) in [5.74, 6) is 0.558.